The molecule has 55 heavy (non-hydrogen) atoms. The van der Waals surface area contributed by atoms with Crippen LogP contribution in [0.2, 0.25) is 0 Å². The molecule has 6 aromatic rings. The molecule has 0 aromatic heterocycles. The van der Waals surface area contributed by atoms with Crippen molar-refractivity contribution >= 4 is 30.4 Å². The van der Waals surface area contributed by atoms with Crippen molar-refractivity contribution in [3.8, 4) is 0 Å². The Labute approximate surface area is 343 Å². The van der Waals surface area contributed by atoms with Crippen molar-refractivity contribution < 1.29 is 62.2 Å². The van der Waals surface area contributed by atoms with Gasteiger partial charge in [0.1, 0.15) is 0 Å². The van der Waals surface area contributed by atoms with Crippen LogP contribution in [0.1, 0.15) is 33.4 Å². The molecule has 0 aliphatic carbocycles. The SMILES string of the molecule is F[B-](F)(F)F.F[B-](F)(F)F.[Hg+2].c1ccc(C[PH+](Cc2ccccc2)Cc2ccccc2)cc1.c1ccc(C[PH+](Cc2ccccc2)Cc2ccccc2)cc1. The van der Waals surface area contributed by atoms with Gasteiger partial charge in [0.2, 0.25) is 0 Å². The van der Waals surface area contributed by atoms with Gasteiger partial charge in [-0.15, -0.1) is 0 Å². The first-order chi connectivity index (χ1) is 25.8. The van der Waals surface area contributed by atoms with E-state index in [-0.39, 0.29) is 27.7 Å². The Morgan fingerprint density at radius 1 is 0.255 bits per heavy atom. The zero-order chi connectivity index (χ0) is 39.1. The molecule has 0 aliphatic heterocycles. The monoisotopic (exact) mass is 986 g/mol. The van der Waals surface area contributed by atoms with Crippen LogP contribution < -0.4 is 0 Å². The fraction of sp³-hybridized carbons (Fsp3) is 0.143. The van der Waals surface area contributed by atoms with Gasteiger partial charge in [-0.05, 0) is 33.4 Å². The van der Waals surface area contributed by atoms with Crippen molar-refractivity contribution in [3.05, 3.63) is 215 Å². The number of rotatable bonds is 12. The molecular formula is C42H44B2F8HgP2+2. The number of hydrogen-bond acceptors (Lipinski definition) is 0. The van der Waals surface area contributed by atoms with E-state index in [0.29, 0.717) is 0 Å². The van der Waals surface area contributed by atoms with E-state index in [0.717, 1.165) is 0 Å². The van der Waals surface area contributed by atoms with Crippen molar-refractivity contribution in [1.29, 1.82) is 0 Å². The standard InChI is InChI=1S/2C21H21P.2BF4.Hg/c2*1-4-10-19(11-5-1)16-22(17-20-12-6-2-7-13-20)18-21-14-8-3-9-15-21;2*2-1(3,4)5;/h2*1-15H,16-18H2;;;/q;;2*-1;+2/p+2. The fourth-order valence-electron chi connectivity index (χ4n) is 5.68. The molecule has 0 N–H and O–H groups in total. The molecule has 0 fully saturated rings. The van der Waals surface area contributed by atoms with Crippen LogP contribution in [-0.2, 0) is 64.6 Å². The zero-order valence-corrected chi connectivity index (χ0v) is 37.9. The molecule has 0 bridgehead atoms. The summed E-state index contributed by atoms with van der Waals surface area (Å²) in [6.45, 7) is 0. The second kappa shape index (κ2) is 26.5. The Bertz CT molecular complexity index is 1460. The minimum Gasteiger partial charge on any atom is -0.418 e. The quantitative estimate of drug-likeness (QED) is 0.0651. The summed E-state index contributed by atoms with van der Waals surface area (Å²) >= 11 is 0. The smallest absolute Gasteiger partial charge is 0.418 e. The second-order valence-electron chi connectivity index (χ2n) is 12.5. The Morgan fingerprint density at radius 2 is 0.364 bits per heavy atom. The van der Waals surface area contributed by atoms with E-state index in [1.54, 1.807) is 0 Å². The Kier molecular flexibility index (Phi) is 23.1. The average molecular weight is 985 g/mol. The van der Waals surface area contributed by atoms with Crippen LogP contribution in [0, 0.1) is 0 Å². The van der Waals surface area contributed by atoms with E-state index < -0.39 is 30.4 Å². The Hall–Kier alpha value is -3.32. The molecular weight excluding hydrogens is 941 g/mol. The number of hydrogen-bond donors (Lipinski definition) is 0. The van der Waals surface area contributed by atoms with Crippen LogP contribution in [0.25, 0.3) is 0 Å². The molecule has 284 valence electrons. The summed E-state index contributed by atoms with van der Waals surface area (Å²) in [5, 5.41) is 0. The average Bonchev–Trinajstić information content (AvgIpc) is 3.13. The third-order valence-electron chi connectivity index (χ3n) is 7.78. The maximum absolute atomic E-state index is 9.75. The third kappa shape index (κ3) is 25.5. The van der Waals surface area contributed by atoms with E-state index in [4.69, 9.17) is 0 Å². The molecule has 0 saturated heterocycles. The van der Waals surface area contributed by atoms with Gasteiger partial charge in [-0.25, -0.2) is 0 Å². The molecule has 0 atom stereocenters. The molecule has 0 spiro atoms. The van der Waals surface area contributed by atoms with Gasteiger partial charge in [0.15, 0.2) is 0 Å². The van der Waals surface area contributed by atoms with Crippen molar-refractivity contribution in [2.24, 2.45) is 0 Å². The van der Waals surface area contributed by atoms with Gasteiger partial charge in [0.05, 0.1) is 37.0 Å². The van der Waals surface area contributed by atoms with Crippen molar-refractivity contribution in [2.75, 3.05) is 0 Å². The normalized spacial score (nSPS) is 10.8. The largest absolute Gasteiger partial charge is 2.00 e. The molecule has 6 rings (SSSR count). The first-order valence-electron chi connectivity index (χ1n) is 17.5. The molecule has 0 heterocycles. The summed E-state index contributed by atoms with van der Waals surface area (Å²) in [6.07, 6.45) is 7.39. The minimum atomic E-state index is -6.00. The van der Waals surface area contributed by atoms with Gasteiger partial charge in [0, 0.05) is 15.8 Å². The van der Waals surface area contributed by atoms with Crippen molar-refractivity contribution in [3.63, 3.8) is 0 Å². The zero-order valence-electron chi connectivity index (χ0n) is 30.4. The van der Waals surface area contributed by atoms with Crippen LogP contribution >= 0.6 is 15.8 Å². The molecule has 0 saturated carbocycles. The Balaban J connectivity index is 0.000000301. The summed E-state index contributed by atoms with van der Waals surface area (Å²) < 4.78 is 78.0. The van der Waals surface area contributed by atoms with Crippen LogP contribution in [-0.4, -0.2) is 14.5 Å². The molecule has 0 unspecified atom stereocenters. The summed E-state index contributed by atoms with van der Waals surface area (Å²) in [5.74, 6) is 0. The number of halogens is 8. The predicted octanol–water partition coefficient (Wildman–Crippen LogP) is 14.2. The predicted molar refractivity (Wildman–Crippen MR) is 218 cm³/mol. The van der Waals surface area contributed by atoms with Crippen LogP contribution in [0.4, 0.5) is 34.5 Å². The summed E-state index contributed by atoms with van der Waals surface area (Å²) in [4.78, 5) is 0. The first kappa shape index (κ1) is 47.8. The molecule has 0 nitrogen and oxygen atoms in total. The van der Waals surface area contributed by atoms with Gasteiger partial charge in [-0.1, -0.05) is 182 Å². The summed E-state index contributed by atoms with van der Waals surface area (Å²) in [5.41, 5.74) is 8.85. The molecule has 0 radical (unpaired) electrons. The van der Waals surface area contributed by atoms with E-state index in [1.807, 2.05) is 0 Å². The summed E-state index contributed by atoms with van der Waals surface area (Å²) in [7, 11) is -13.0. The van der Waals surface area contributed by atoms with E-state index in [1.165, 1.54) is 70.4 Å². The van der Waals surface area contributed by atoms with Crippen molar-refractivity contribution in [1.82, 2.24) is 0 Å². The number of benzene rings is 6. The van der Waals surface area contributed by atoms with Gasteiger partial charge in [-0.2, -0.15) is 0 Å². The van der Waals surface area contributed by atoms with Crippen LogP contribution in [0.5, 0.6) is 0 Å². The third-order valence-corrected chi connectivity index (χ3v) is 13.2. The van der Waals surface area contributed by atoms with Crippen LogP contribution in [0.3, 0.4) is 0 Å². The maximum atomic E-state index is 9.75. The Morgan fingerprint density at radius 3 is 0.473 bits per heavy atom. The van der Waals surface area contributed by atoms with Crippen LogP contribution in [0.15, 0.2) is 182 Å². The van der Waals surface area contributed by atoms with Gasteiger partial charge in [0.25, 0.3) is 0 Å². The van der Waals surface area contributed by atoms with E-state index >= 15 is 0 Å². The summed E-state index contributed by atoms with van der Waals surface area (Å²) in [6, 6.07) is 65.6. The topological polar surface area (TPSA) is 0 Å². The van der Waals surface area contributed by atoms with Gasteiger partial charge < -0.3 is 34.5 Å². The van der Waals surface area contributed by atoms with Gasteiger partial charge >= 0.3 is 42.2 Å². The van der Waals surface area contributed by atoms with E-state index in [9.17, 15) is 34.5 Å². The fourth-order valence-corrected chi connectivity index (χ4v) is 11.3. The first-order valence-corrected chi connectivity index (χ1v) is 21.7. The minimum absolute atomic E-state index is 0. The second-order valence-corrected chi connectivity index (χ2v) is 17.6. The molecule has 6 aromatic carbocycles. The van der Waals surface area contributed by atoms with Crippen molar-refractivity contribution in [2.45, 2.75) is 37.0 Å². The van der Waals surface area contributed by atoms with Gasteiger partial charge in [-0.3, -0.25) is 0 Å². The van der Waals surface area contributed by atoms with E-state index in [2.05, 4.69) is 182 Å². The molecule has 0 amide bonds. The maximum Gasteiger partial charge on any atom is 2.00 e. The molecule has 0 aliphatic rings. The molecule has 13 heteroatoms.